The third kappa shape index (κ3) is 3.80. The first-order chi connectivity index (χ1) is 7.33. The van der Waals surface area contributed by atoms with Crippen molar-refractivity contribution in [3.8, 4) is 0 Å². The minimum atomic E-state index is -0.348. The number of carbonyl (C=O) groups is 1. The molecule has 3 unspecified atom stereocenters. The smallest absolute Gasteiger partial charge is 0.309 e. The lowest BCUT2D eigenvalue weighted by atomic mass is 9.92. The zero-order valence-corrected chi connectivity index (χ0v) is 11.4. The quantitative estimate of drug-likeness (QED) is 0.684. The van der Waals surface area contributed by atoms with E-state index in [0.29, 0.717) is 11.8 Å². The third-order valence-electron chi connectivity index (χ3n) is 3.30. The van der Waals surface area contributed by atoms with Crippen LogP contribution in [0.3, 0.4) is 0 Å². The minimum Gasteiger partial charge on any atom is -0.460 e. The fraction of sp³-hybridized carbons (Fsp3) is 0.929. The van der Waals surface area contributed by atoms with Gasteiger partial charge < -0.3 is 4.74 Å². The van der Waals surface area contributed by atoms with Gasteiger partial charge >= 0.3 is 5.97 Å². The molecule has 2 nitrogen and oxygen atoms in total. The highest BCUT2D eigenvalue weighted by molar-refractivity contribution is 5.73. The Morgan fingerprint density at radius 1 is 1.31 bits per heavy atom. The van der Waals surface area contributed by atoms with Crippen molar-refractivity contribution in [1.82, 2.24) is 0 Å². The molecule has 1 rings (SSSR count). The van der Waals surface area contributed by atoms with Crippen LogP contribution in [-0.2, 0) is 9.53 Å². The van der Waals surface area contributed by atoms with Gasteiger partial charge in [0.25, 0.3) is 0 Å². The number of ether oxygens (including phenoxy) is 1. The maximum Gasteiger partial charge on any atom is 0.309 e. The van der Waals surface area contributed by atoms with Crippen molar-refractivity contribution >= 4 is 5.97 Å². The molecule has 0 bridgehead atoms. The fourth-order valence-electron chi connectivity index (χ4n) is 2.76. The van der Waals surface area contributed by atoms with Crippen LogP contribution in [0.5, 0.6) is 0 Å². The summed E-state index contributed by atoms with van der Waals surface area (Å²) < 4.78 is 5.51. The average Bonchev–Trinajstić information content (AvgIpc) is 2.44. The maximum atomic E-state index is 12.1. The minimum absolute atomic E-state index is 0.0234. The first-order valence-corrected chi connectivity index (χ1v) is 6.56. The van der Waals surface area contributed by atoms with E-state index in [1.807, 2.05) is 20.8 Å². The molecule has 0 aromatic carbocycles. The molecule has 0 amide bonds. The zero-order chi connectivity index (χ0) is 12.3. The largest absolute Gasteiger partial charge is 0.460 e. The Labute approximate surface area is 99.8 Å². The van der Waals surface area contributed by atoms with E-state index in [1.165, 1.54) is 6.42 Å². The van der Waals surface area contributed by atoms with Gasteiger partial charge in [0.2, 0.25) is 0 Å². The van der Waals surface area contributed by atoms with Crippen LogP contribution in [0, 0.1) is 17.8 Å². The van der Waals surface area contributed by atoms with Crippen LogP contribution in [0.1, 0.15) is 60.3 Å². The summed E-state index contributed by atoms with van der Waals surface area (Å²) in [6.07, 6.45) is 4.53. The molecule has 1 saturated carbocycles. The standard InChI is InChI=1S/C14H26O2/c1-6-7-11-8-10(2)9-12(11)13(15)16-14(3,4)5/h10-12H,6-9H2,1-5H3. The molecule has 0 aliphatic heterocycles. The van der Waals surface area contributed by atoms with Crippen molar-refractivity contribution in [3.05, 3.63) is 0 Å². The van der Waals surface area contributed by atoms with Crippen molar-refractivity contribution in [2.75, 3.05) is 0 Å². The Kier molecular flexibility index (Phi) is 4.40. The van der Waals surface area contributed by atoms with Crippen LogP contribution in [0.15, 0.2) is 0 Å². The number of esters is 1. The number of carbonyl (C=O) groups excluding carboxylic acids is 1. The van der Waals surface area contributed by atoms with E-state index in [4.69, 9.17) is 4.74 Å². The van der Waals surface area contributed by atoms with Gasteiger partial charge in [-0.2, -0.15) is 0 Å². The summed E-state index contributed by atoms with van der Waals surface area (Å²) in [5, 5.41) is 0. The van der Waals surface area contributed by atoms with Crippen molar-refractivity contribution in [2.45, 2.75) is 65.9 Å². The van der Waals surface area contributed by atoms with Gasteiger partial charge in [0.1, 0.15) is 5.60 Å². The first kappa shape index (κ1) is 13.5. The summed E-state index contributed by atoms with van der Waals surface area (Å²) in [7, 11) is 0. The summed E-state index contributed by atoms with van der Waals surface area (Å²) in [5.41, 5.74) is -0.348. The lowest BCUT2D eigenvalue weighted by molar-refractivity contribution is -0.161. The predicted octanol–water partition coefficient (Wildman–Crippen LogP) is 3.79. The molecule has 16 heavy (non-hydrogen) atoms. The molecule has 0 N–H and O–H groups in total. The molecule has 0 radical (unpaired) electrons. The van der Waals surface area contributed by atoms with E-state index in [9.17, 15) is 4.79 Å². The van der Waals surface area contributed by atoms with Crippen molar-refractivity contribution in [1.29, 1.82) is 0 Å². The summed E-state index contributed by atoms with van der Waals surface area (Å²) in [4.78, 5) is 12.1. The van der Waals surface area contributed by atoms with Crippen molar-refractivity contribution in [2.24, 2.45) is 17.8 Å². The summed E-state index contributed by atoms with van der Waals surface area (Å²) in [6.45, 7) is 10.3. The van der Waals surface area contributed by atoms with Crippen LogP contribution in [0.4, 0.5) is 0 Å². The molecular formula is C14H26O2. The van der Waals surface area contributed by atoms with Gasteiger partial charge in [-0.25, -0.2) is 0 Å². The summed E-state index contributed by atoms with van der Waals surface area (Å²) in [6, 6.07) is 0. The number of rotatable bonds is 3. The highest BCUT2D eigenvalue weighted by Crippen LogP contribution is 2.40. The second-order valence-electron chi connectivity index (χ2n) is 6.27. The SMILES string of the molecule is CCCC1CC(C)CC1C(=O)OC(C)(C)C. The molecule has 0 aromatic heterocycles. The van der Waals surface area contributed by atoms with Gasteiger partial charge in [0.05, 0.1) is 5.92 Å². The molecule has 0 spiro atoms. The van der Waals surface area contributed by atoms with Crippen LogP contribution in [0.25, 0.3) is 0 Å². The van der Waals surface area contributed by atoms with Gasteiger partial charge in [-0.1, -0.05) is 20.3 Å². The monoisotopic (exact) mass is 226 g/mol. The zero-order valence-electron chi connectivity index (χ0n) is 11.4. The van der Waals surface area contributed by atoms with Gasteiger partial charge in [0.15, 0.2) is 0 Å². The van der Waals surface area contributed by atoms with E-state index >= 15 is 0 Å². The molecule has 1 aliphatic rings. The Hall–Kier alpha value is -0.530. The van der Waals surface area contributed by atoms with Crippen LogP contribution in [-0.4, -0.2) is 11.6 Å². The van der Waals surface area contributed by atoms with Gasteiger partial charge in [0, 0.05) is 0 Å². The van der Waals surface area contributed by atoms with Gasteiger partial charge in [-0.05, 0) is 51.9 Å². The van der Waals surface area contributed by atoms with Gasteiger partial charge in [-0.3, -0.25) is 4.79 Å². The highest BCUT2D eigenvalue weighted by atomic mass is 16.6. The molecule has 0 aromatic rings. The van der Waals surface area contributed by atoms with Crippen LogP contribution in [0.2, 0.25) is 0 Å². The Morgan fingerprint density at radius 3 is 2.44 bits per heavy atom. The number of hydrogen-bond acceptors (Lipinski definition) is 2. The van der Waals surface area contributed by atoms with Gasteiger partial charge in [-0.15, -0.1) is 0 Å². The Bertz CT molecular complexity index is 240. The average molecular weight is 226 g/mol. The van der Waals surface area contributed by atoms with E-state index in [1.54, 1.807) is 0 Å². The second-order valence-corrected chi connectivity index (χ2v) is 6.27. The predicted molar refractivity (Wildman–Crippen MR) is 66.1 cm³/mol. The highest BCUT2D eigenvalue weighted by Gasteiger charge is 2.38. The van der Waals surface area contributed by atoms with E-state index in [2.05, 4.69) is 13.8 Å². The normalized spacial score (nSPS) is 30.4. The molecule has 1 aliphatic carbocycles. The fourth-order valence-corrected chi connectivity index (χ4v) is 2.76. The van der Waals surface area contributed by atoms with Crippen molar-refractivity contribution < 1.29 is 9.53 Å². The third-order valence-corrected chi connectivity index (χ3v) is 3.30. The maximum absolute atomic E-state index is 12.1. The Balaban J connectivity index is 2.59. The molecule has 2 heteroatoms. The topological polar surface area (TPSA) is 26.3 Å². The van der Waals surface area contributed by atoms with E-state index < -0.39 is 0 Å². The molecule has 0 heterocycles. The summed E-state index contributed by atoms with van der Waals surface area (Å²) in [5.74, 6) is 1.40. The molecule has 94 valence electrons. The van der Waals surface area contributed by atoms with Crippen molar-refractivity contribution in [3.63, 3.8) is 0 Å². The first-order valence-electron chi connectivity index (χ1n) is 6.56. The summed E-state index contributed by atoms with van der Waals surface area (Å²) >= 11 is 0. The number of hydrogen-bond donors (Lipinski definition) is 0. The molecule has 3 atom stereocenters. The Morgan fingerprint density at radius 2 is 1.94 bits per heavy atom. The molecule has 1 fully saturated rings. The van der Waals surface area contributed by atoms with Crippen LogP contribution >= 0.6 is 0 Å². The second kappa shape index (κ2) is 5.20. The van der Waals surface area contributed by atoms with E-state index in [-0.39, 0.29) is 17.5 Å². The van der Waals surface area contributed by atoms with Crippen LogP contribution < -0.4 is 0 Å². The molecular weight excluding hydrogens is 200 g/mol. The lowest BCUT2D eigenvalue weighted by Gasteiger charge is -2.24. The molecule has 0 saturated heterocycles. The lowest BCUT2D eigenvalue weighted by Crippen LogP contribution is -2.30. The van der Waals surface area contributed by atoms with E-state index in [0.717, 1.165) is 19.3 Å².